The van der Waals surface area contributed by atoms with Crippen LogP contribution in [0.4, 0.5) is 13.2 Å². The van der Waals surface area contributed by atoms with Gasteiger partial charge in [-0.05, 0) is 27.3 Å². The number of aromatic nitrogens is 3. The van der Waals surface area contributed by atoms with E-state index in [1.54, 1.807) is 11.7 Å². The van der Waals surface area contributed by atoms with Crippen molar-refractivity contribution in [2.75, 3.05) is 20.3 Å². The molecule has 1 N–H and O–H groups in total. The Hall–Kier alpha value is -1.15. The Balaban J connectivity index is 2.41. The number of likely N-dealkylation sites (N-methyl/N-ethyl adjacent to an activating group) is 1. The molecular weight excluding hydrogens is 273 g/mol. The topological polar surface area (TPSA) is 52.0 Å². The number of nitrogens with zero attached hydrogens (tertiary/aromatic N) is 3. The van der Waals surface area contributed by atoms with Crippen LogP contribution in [-0.2, 0) is 11.2 Å². The fraction of sp³-hybridized carbons (Fsp3) is 0.833. The van der Waals surface area contributed by atoms with Gasteiger partial charge in [0.15, 0.2) is 0 Å². The van der Waals surface area contributed by atoms with Crippen LogP contribution in [0, 0.1) is 0 Å². The summed E-state index contributed by atoms with van der Waals surface area (Å²) in [5.74, 6) is 0.815. The zero-order chi connectivity index (χ0) is 15.2. The quantitative estimate of drug-likeness (QED) is 0.745. The molecule has 0 aliphatic heterocycles. The minimum Gasteiger partial charge on any atom is -0.372 e. The molecule has 1 heterocycles. The lowest BCUT2D eigenvalue weighted by molar-refractivity contribution is -0.174. The summed E-state index contributed by atoms with van der Waals surface area (Å²) >= 11 is 0. The first-order valence-corrected chi connectivity index (χ1v) is 6.53. The average molecular weight is 294 g/mol. The summed E-state index contributed by atoms with van der Waals surface area (Å²) in [6.07, 6.45) is -1.70. The van der Waals surface area contributed by atoms with Crippen LogP contribution in [0.2, 0.25) is 0 Å². The number of rotatable bonds is 8. The maximum atomic E-state index is 11.9. The second kappa shape index (κ2) is 7.58. The van der Waals surface area contributed by atoms with Crippen LogP contribution < -0.4 is 5.32 Å². The monoisotopic (exact) mass is 294 g/mol. The molecule has 0 saturated heterocycles. The highest BCUT2D eigenvalue weighted by molar-refractivity contribution is 4.91. The van der Waals surface area contributed by atoms with Crippen LogP contribution >= 0.6 is 0 Å². The molecule has 0 radical (unpaired) electrons. The molecule has 0 bridgehead atoms. The van der Waals surface area contributed by atoms with E-state index < -0.39 is 12.8 Å². The van der Waals surface area contributed by atoms with Gasteiger partial charge in [0, 0.05) is 25.1 Å². The first-order valence-electron chi connectivity index (χ1n) is 6.53. The molecule has 1 unspecified atom stereocenters. The highest BCUT2D eigenvalue weighted by Gasteiger charge is 2.27. The first kappa shape index (κ1) is 16.9. The van der Waals surface area contributed by atoms with E-state index in [9.17, 15) is 13.2 Å². The van der Waals surface area contributed by atoms with Gasteiger partial charge in [0.2, 0.25) is 0 Å². The molecule has 20 heavy (non-hydrogen) atoms. The Labute approximate surface area is 116 Å². The summed E-state index contributed by atoms with van der Waals surface area (Å²) in [5, 5.41) is 7.19. The van der Waals surface area contributed by atoms with Gasteiger partial charge in [-0.3, -0.25) is 0 Å². The second-order valence-electron chi connectivity index (χ2n) is 4.86. The highest BCUT2D eigenvalue weighted by Crippen LogP contribution is 2.15. The van der Waals surface area contributed by atoms with Gasteiger partial charge in [-0.25, -0.2) is 9.67 Å². The minimum absolute atomic E-state index is 0.00457. The lowest BCUT2D eigenvalue weighted by atomic mass is 10.1. The number of hydrogen-bond acceptors (Lipinski definition) is 4. The fourth-order valence-corrected chi connectivity index (χ4v) is 1.83. The van der Waals surface area contributed by atoms with Gasteiger partial charge in [0.05, 0.1) is 0 Å². The minimum atomic E-state index is -4.27. The Bertz CT molecular complexity index is 392. The fourth-order valence-electron chi connectivity index (χ4n) is 1.83. The molecule has 5 nitrogen and oxygen atoms in total. The Morgan fingerprint density at radius 3 is 2.65 bits per heavy atom. The van der Waals surface area contributed by atoms with Gasteiger partial charge in [0.25, 0.3) is 0 Å². The van der Waals surface area contributed by atoms with Crippen molar-refractivity contribution in [3.63, 3.8) is 0 Å². The maximum absolute atomic E-state index is 11.9. The van der Waals surface area contributed by atoms with E-state index in [2.05, 4.69) is 20.1 Å². The Kier molecular flexibility index (Phi) is 6.41. The maximum Gasteiger partial charge on any atom is 0.411 e. The van der Waals surface area contributed by atoms with Crippen LogP contribution in [0.1, 0.15) is 32.1 Å². The molecule has 116 valence electrons. The Morgan fingerprint density at radius 2 is 2.10 bits per heavy atom. The zero-order valence-corrected chi connectivity index (χ0v) is 11.9. The zero-order valence-electron chi connectivity index (χ0n) is 11.9. The number of ether oxygens (including phenoxy) is 1. The molecule has 1 rings (SSSR count). The van der Waals surface area contributed by atoms with Crippen molar-refractivity contribution >= 4 is 0 Å². The molecule has 8 heteroatoms. The first-order chi connectivity index (χ1) is 9.33. The normalized spacial score (nSPS) is 13.9. The summed E-state index contributed by atoms with van der Waals surface area (Å²) in [7, 11) is 1.77. The van der Waals surface area contributed by atoms with Crippen LogP contribution in [0.25, 0.3) is 0 Å². The number of nitrogens with one attached hydrogen (secondary N) is 1. The van der Waals surface area contributed by atoms with Crippen LogP contribution in [0.15, 0.2) is 6.33 Å². The second-order valence-corrected chi connectivity index (χ2v) is 4.86. The molecule has 0 aromatic carbocycles. The standard InChI is InChI=1S/C12H21F3N4O/c1-9(2)19-11(17-8-18-19)6-10(16-3)4-5-20-7-12(13,14)15/h8-10,16H,4-7H2,1-3H3. The summed E-state index contributed by atoms with van der Waals surface area (Å²) in [6, 6.07) is 0.205. The van der Waals surface area contributed by atoms with Crippen molar-refractivity contribution in [1.29, 1.82) is 0 Å². The number of hydrogen-bond donors (Lipinski definition) is 1. The third-order valence-corrected chi connectivity index (χ3v) is 2.85. The SMILES string of the molecule is CNC(CCOCC(F)(F)F)Cc1ncnn1C(C)C. The smallest absolute Gasteiger partial charge is 0.372 e. The van der Waals surface area contributed by atoms with Gasteiger partial charge in [0.1, 0.15) is 18.8 Å². The van der Waals surface area contributed by atoms with Crippen molar-refractivity contribution in [1.82, 2.24) is 20.1 Å². The molecule has 0 aliphatic carbocycles. The lowest BCUT2D eigenvalue weighted by Gasteiger charge is -2.17. The molecule has 0 spiro atoms. The van der Waals surface area contributed by atoms with E-state index in [1.165, 1.54) is 6.33 Å². The Morgan fingerprint density at radius 1 is 1.40 bits per heavy atom. The van der Waals surface area contributed by atoms with Crippen LogP contribution in [-0.4, -0.2) is 47.2 Å². The van der Waals surface area contributed by atoms with E-state index in [-0.39, 0.29) is 18.7 Å². The lowest BCUT2D eigenvalue weighted by Crippen LogP contribution is -2.31. The molecule has 0 saturated carbocycles. The van der Waals surface area contributed by atoms with E-state index in [1.807, 2.05) is 13.8 Å². The van der Waals surface area contributed by atoms with Gasteiger partial charge < -0.3 is 10.1 Å². The summed E-state index contributed by atoms with van der Waals surface area (Å²) in [5.41, 5.74) is 0. The van der Waals surface area contributed by atoms with E-state index in [0.29, 0.717) is 12.8 Å². The third kappa shape index (κ3) is 5.87. The van der Waals surface area contributed by atoms with E-state index in [4.69, 9.17) is 0 Å². The largest absolute Gasteiger partial charge is 0.411 e. The van der Waals surface area contributed by atoms with Crippen molar-refractivity contribution in [3.8, 4) is 0 Å². The predicted molar refractivity (Wildman–Crippen MR) is 68.4 cm³/mol. The molecule has 1 aromatic heterocycles. The molecule has 1 aromatic rings. The van der Waals surface area contributed by atoms with Crippen molar-refractivity contribution in [2.45, 2.75) is 44.9 Å². The molecule has 0 aliphatic rings. The predicted octanol–water partition coefficient (Wildman–Crippen LogP) is 1.96. The third-order valence-electron chi connectivity index (χ3n) is 2.85. The summed E-state index contributed by atoms with van der Waals surface area (Å²) < 4.78 is 42.3. The van der Waals surface area contributed by atoms with Gasteiger partial charge in [-0.2, -0.15) is 18.3 Å². The highest BCUT2D eigenvalue weighted by atomic mass is 19.4. The number of halogens is 3. The average Bonchev–Trinajstić information content (AvgIpc) is 2.80. The van der Waals surface area contributed by atoms with Crippen molar-refractivity contribution in [2.24, 2.45) is 0 Å². The van der Waals surface area contributed by atoms with E-state index >= 15 is 0 Å². The van der Waals surface area contributed by atoms with Crippen molar-refractivity contribution < 1.29 is 17.9 Å². The van der Waals surface area contributed by atoms with Gasteiger partial charge >= 0.3 is 6.18 Å². The van der Waals surface area contributed by atoms with Crippen molar-refractivity contribution in [3.05, 3.63) is 12.2 Å². The number of alkyl halides is 3. The van der Waals surface area contributed by atoms with E-state index in [0.717, 1.165) is 5.82 Å². The van der Waals surface area contributed by atoms with Crippen LogP contribution in [0.5, 0.6) is 0 Å². The molecule has 0 amide bonds. The summed E-state index contributed by atoms with van der Waals surface area (Å²) in [4.78, 5) is 4.18. The molecular formula is C12H21F3N4O. The molecule has 0 fully saturated rings. The summed E-state index contributed by atoms with van der Waals surface area (Å²) in [6.45, 7) is 2.85. The van der Waals surface area contributed by atoms with Gasteiger partial charge in [-0.1, -0.05) is 0 Å². The van der Waals surface area contributed by atoms with Crippen LogP contribution in [0.3, 0.4) is 0 Å². The molecule has 1 atom stereocenters. The van der Waals surface area contributed by atoms with Gasteiger partial charge in [-0.15, -0.1) is 0 Å².